The lowest BCUT2D eigenvalue weighted by molar-refractivity contribution is 0.0766. The van der Waals surface area contributed by atoms with Gasteiger partial charge in [-0.15, -0.1) is 0 Å². The van der Waals surface area contributed by atoms with Crippen LogP contribution in [0.1, 0.15) is 27.4 Å². The summed E-state index contributed by atoms with van der Waals surface area (Å²) in [5.74, 6) is 0.520. The Hall–Kier alpha value is -3.58. The number of β-amino-alcohol motifs (C(OH)–C–C–N with tert-alkyl or cyclic N) is 1. The van der Waals surface area contributed by atoms with E-state index in [0.29, 0.717) is 24.2 Å². The van der Waals surface area contributed by atoms with Crippen LogP contribution < -0.4 is 0 Å². The van der Waals surface area contributed by atoms with Crippen molar-refractivity contribution in [3.8, 4) is 11.3 Å². The zero-order valence-corrected chi connectivity index (χ0v) is 18.0. The average Bonchev–Trinajstić information content (AvgIpc) is 3.38. The molecule has 0 saturated carbocycles. The van der Waals surface area contributed by atoms with Gasteiger partial charge in [0.25, 0.3) is 5.91 Å². The first-order chi connectivity index (χ1) is 15.5. The van der Waals surface area contributed by atoms with Crippen molar-refractivity contribution < 1.29 is 14.4 Å². The van der Waals surface area contributed by atoms with Gasteiger partial charge in [0.2, 0.25) is 0 Å². The number of fused-ring (bicyclic) bond motifs is 1. The largest absolute Gasteiger partial charge is 0.391 e. The third-order valence-corrected chi connectivity index (χ3v) is 5.99. The van der Waals surface area contributed by atoms with Crippen LogP contribution >= 0.6 is 0 Å². The molecule has 4 aromatic rings. The maximum absolute atomic E-state index is 13.6. The van der Waals surface area contributed by atoms with Crippen LogP contribution in [0.4, 0.5) is 0 Å². The summed E-state index contributed by atoms with van der Waals surface area (Å²) >= 11 is 0. The van der Waals surface area contributed by atoms with Gasteiger partial charge in [-0.3, -0.25) is 9.78 Å². The predicted molar refractivity (Wildman–Crippen MR) is 120 cm³/mol. The predicted octanol–water partition coefficient (Wildman–Crippen LogP) is 3.58. The Morgan fingerprint density at radius 3 is 2.81 bits per heavy atom. The Kier molecular flexibility index (Phi) is 5.19. The maximum atomic E-state index is 13.6. The quantitative estimate of drug-likeness (QED) is 0.534. The second kappa shape index (κ2) is 8.16. The molecule has 7 nitrogen and oxygen atoms in total. The fraction of sp³-hybridized carbons (Fsp3) is 0.280. The molecule has 1 amide bonds. The van der Waals surface area contributed by atoms with E-state index in [0.717, 1.165) is 33.5 Å². The molecule has 32 heavy (non-hydrogen) atoms. The molecule has 0 aliphatic carbocycles. The summed E-state index contributed by atoms with van der Waals surface area (Å²) in [5.41, 5.74) is 4.76. The number of rotatable bonds is 4. The standard InChI is InChI=1S/C25H24N4O3/c1-15-5-6-22-20(8-15)21(11-23(27-22)17-4-3-7-26-12-17)25(31)29-13-18(24(30)14-29)10-19-9-16(2)28-32-19/h3-9,11-12,18,24,30H,10,13-14H2,1-2H3/t18-,24+/m1/s1. The van der Waals surface area contributed by atoms with E-state index in [-0.39, 0.29) is 18.4 Å². The Balaban J connectivity index is 1.49. The highest BCUT2D eigenvalue weighted by molar-refractivity contribution is 6.07. The summed E-state index contributed by atoms with van der Waals surface area (Å²) in [6, 6.07) is 13.4. The van der Waals surface area contributed by atoms with E-state index in [1.54, 1.807) is 17.3 Å². The molecule has 5 rings (SSSR count). The Labute approximate surface area is 185 Å². The van der Waals surface area contributed by atoms with E-state index < -0.39 is 6.10 Å². The van der Waals surface area contributed by atoms with Crippen molar-refractivity contribution >= 4 is 16.8 Å². The Morgan fingerprint density at radius 1 is 1.19 bits per heavy atom. The molecule has 162 valence electrons. The lowest BCUT2D eigenvalue weighted by Gasteiger charge is -2.18. The minimum atomic E-state index is -0.614. The zero-order valence-electron chi connectivity index (χ0n) is 18.0. The molecule has 0 bridgehead atoms. The third-order valence-electron chi connectivity index (χ3n) is 5.99. The summed E-state index contributed by atoms with van der Waals surface area (Å²) in [6.07, 6.45) is 3.38. The van der Waals surface area contributed by atoms with Crippen LogP contribution in [0.5, 0.6) is 0 Å². The van der Waals surface area contributed by atoms with Crippen molar-refractivity contribution in [2.24, 2.45) is 5.92 Å². The minimum Gasteiger partial charge on any atom is -0.391 e. The number of hydrogen-bond donors (Lipinski definition) is 1. The highest BCUT2D eigenvalue weighted by atomic mass is 16.5. The summed E-state index contributed by atoms with van der Waals surface area (Å²) < 4.78 is 5.31. The summed E-state index contributed by atoms with van der Waals surface area (Å²) in [7, 11) is 0. The van der Waals surface area contributed by atoms with Crippen LogP contribution in [-0.2, 0) is 6.42 Å². The number of amides is 1. The van der Waals surface area contributed by atoms with E-state index in [9.17, 15) is 9.90 Å². The molecule has 1 fully saturated rings. The number of nitrogens with zero attached hydrogens (tertiary/aromatic N) is 4. The number of aryl methyl sites for hydroxylation is 2. The van der Waals surface area contributed by atoms with E-state index >= 15 is 0 Å². The van der Waals surface area contributed by atoms with Gasteiger partial charge in [-0.25, -0.2) is 4.98 Å². The molecule has 1 aliphatic rings. The van der Waals surface area contributed by atoms with Gasteiger partial charge in [-0.1, -0.05) is 16.8 Å². The number of aliphatic hydroxyl groups excluding tert-OH is 1. The van der Waals surface area contributed by atoms with Crippen molar-refractivity contribution in [1.82, 2.24) is 20.0 Å². The van der Waals surface area contributed by atoms with Gasteiger partial charge in [0, 0.05) is 54.8 Å². The highest BCUT2D eigenvalue weighted by Gasteiger charge is 2.35. The highest BCUT2D eigenvalue weighted by Crippen LogP contribution is 2.29. The van der Waals surface area contributed by atoms with Crippen molar-refractivity contribution in [1.29, 1.82) is 0 Å². The molecule has 1 aromatic carbocycles. The summed E-state index contributed by atoms with van der Waals surface area (Å²) in [6.45, 7) is 4.61. The van der Waals surface area contributed by atoms with Crippen molar-refractivity contribution in [3.05, 3.63) is 77.4 Å². The number of likely N-dealkylation sites (tertiary alicyclic amines) is 1. The van der Waals surface area contributed by atoms with Crippen LogP contribution in [0.25, 0.3) is 22.2 Å². The van der Waals surface area contributed by atoms with Crippen LogP contribution in [0.2, 0.25) is 0 Å². The average molecular weight is 428 g/mol. The number of hydrogen-bond acceptors (Lipinski definition) is 6. The van der Waals surface area contributed by atoms with Gasteiger partial charge < -0.3 is 14.5 Å². The molecule has 1 saturated heterocycles. The molecule has 0 spiro atoms. The monoisotopic (exact) mass is 428 g/mol. The molecular weight excluding hydrogens is 404 g/mol. The molecule has 3 aromatic heterocycles. The van der Waals surface area contributed by atoms with Crippen LogP contribution in [-0.4, -0.2) is 50.2 Å². The normalized spacial score (nSPS) is 18.4. The van der Waals surface area contributed by atoms with Crippen LogP contribution in [0.3, 0.4) is 0 Å². The smallest absolute Gasteiger partial charge is 0.254 e. The molecule has 2 atom stereocenters. The first-order valence-corrected chi connectivity index (χ1v) is 10.7. The van der Waals surface area contributed by atoms with Gasteiger partial charge in [-0.2, -0.15) is 0 Å². The SMILES string of the molecule is Cc1ccc2nc(-c3cccnc3)cc(C(=O)N3C[C@@H](Cc4cc(C)no4)[C@@H](O)C3)c2c1. The zero-order chi connectivity index (χ0) is 22.2. The first kappa shape index (κ1) is 20.3. The summed E-state index contributed by atoms with van der Waals surface area (Å²) in [4.78, 5) is 24.3. The molecule has 1 aliphatic heterocycles. The Morgan fingerprint density at radius 2 is 2.06 bits per heavy atom. The van der Waals surface area contributed by atoms with Gasteiger partial charge in [0.15, 0.2) is 0 Å². The number of pyridine rings is 2. The van der Waals surface area contributed by atoms with Gasteiger partial charge in [-0.05, 0) is 44.2 Å². The van der Waals surface area contributed by atoms with Gasteiger partial charge in [0.05, 0.1) is 28.6 Å². The molecule has 0 radical (unpaired) electrons. The molecule has 7 heteroatoms. The Bertz CT molecular complexity index is 1290. The lowest BCUT2D eigenvalue weighted by Crippen LogP contribution is -2.30. The van der Waals surface area contributed by atoms with Crippen molar-refractivity contribution in [2.45, 2.75) is 26.4 Å². The minimum absolute atomic E-state index is 0.0982. The van der Waals surface area contributed by atoms with Crippen molar-refractivity contribution in [2.75, 3.05) is 13.1 Å². The van der Waals surface area contributed by atoms with E-state index in [1.165, 1.54) is 0 Å². The molecular formula is C25H24N4O3. The van der Waals surface area contributed by atoms with E-state index in [4.69, 9.17) is 9.51 Å². The second-order valence-corrected chi connectivity index (χ2v) is 8.49. The van der Waals surface area contributed by atoms with Crippen LogP contribution in [0.15, 0.2) is 59.4 Å². The molecule has 4 heterocycles. The number of carbonyl (C=O) groups excluding carboxylic acids is 1. The number of aliphatic hydroxyl groups is 1. The summed E-state index contributed by atoms with van der Waals surface area (Å²) in [5, 5.41) is 15.4. The van der Waals surface area contributed by atoms with Crippen molar-refractivity contribution in [3.63, 3.8) is 0 Å². The number of benzene rings is 1. The van der Waals surface area contributed by atoms with Crippen LogP contribution in [0, 0.1) is 19.8 Å². The number of carbonyl (C=O) groups is 1. The van der Waals surface area contributed by atoms with Gasteiger partial charge >= 0.3 is 0 Å². The fourth-order valence-electron chi connectivity index (χ4n) is 4.34. The number of aromatic nitrogens is 3. The topological polar surface area (TPSA) is 92.4 Å². The van der Waals surface area contributed by atoms with Gasteiger partial charge in [0.1, 0.15) is 5.76 Å². The first-order valence-electron chi connectivity index (χ1n) is 10.7. The maximum Gasteiger partial charge on any atom is 0.254 e. The second-order valence-electron chi connectivity index (χ2n) is 8.49. The lowest BCUT2D eigenvalue weighted by atomic mass is 10.0. The molecule has 1 N–H and O–H groups in total. The van der Waals surface area contributed by atoms with E-state index in [2.05, 4.69) is 10.1 Å². The fourth-order valence-corrected chi connectivity index (χ4v) is 4.34. The molecule has 0 unspecified atom stereocenters. The third kappa shape index (κ3) is 3.87. The van der Waals surface area contributed by atoms with E-state index in [1.807, 2.05) is 56.3 Å².